The fourth-order valence-electron chi connectivity index (χ4n) is 3.37. The second-order valence-corrected chi connectivity index (χ2v) is 9.35. The van der Waals surface area contributed by atoms with Crippen molar-refractivity contribution < 1.29 is 48.7 Å². The van der Waals surface area contributed by atoms with Crippen LogP contribution in [0.3, 0.4) is 0 Å². The Hall–Kier alpha value is -3.10. The van der Waals surface area contributed by atoms with E-state index in [1.165, 1.54) is 0 Å². The van der Waals surface area contributed by atoms with Crippen LogP contribution in [0, 0.1) is 0 Å². The molecule has 1 unspecified atom stereocenters. The number of anilines is 1. The van der Waals surface area contributed by atoms with Crippen LogP contribution in [0.25, 0.3) is 5.83 Å². The number of hydrogen-bond acceptors (Lipinski definition) is 4. The van der Waals surface area contributed by atoms with E-state index >= 15 is 0 Å². The molecule has 3 aromatic rings. The molecule has 0 bridgehead atoms. The summed E-state index contributed by atoms with van der Waals surface area (Å²) in [6, 6.07) is 2.88. The molecule has 1 N–H and O–H groups in total. The number of ketones is 1. The zero-order valence-corrected chi connectivity index (χ0v) is 21.9. The number of nitrogens with one attached hydrogen (secondary N) is 1. The lowest BCUT2D eigenvalue weighted by Crippen LogP contribution is -2.21. The minimum absolute atomic E-state index is 0.0103. The van der Waals surface area contributed by atoms with Gasteiger partial charge in [-0.25, -0.2) is 14.4 Å². The number of allylic oxidation sites excluding steroid dienone is 1. The van der Waals surface area contributed by atoms with Gasteiger partial charge in [0.05, 0.1) is 32.7 Å². The first-order valence-corrected chi connectivity index (χ1v) is 11.9. The predicted octanol–water partition coefficient (Wildman–Crippen LogP) is 9.43. The Balaban J connectivity index is 1.93. The number of rotatable bonds is 7. The van der Waals surface area contributed by atoms with Gasteiger partial charge in [-0.3, -0.25) is 4.79 Å². The molecule has 0 aliphatic heterocycles. The van der Waals surface area contributed by atoms with Crippen LogP contribution in [0.5, 0.6) is 0 Å². The molecule has 0 fully saturated rings. The molecule has 4 nitrogen and oxygen atoms in total. The maximum Gasteiger partial charge on any atom is 0.419 e. The first-order chi connectivity index (χ1) is 18.8. The summed E-state index contributed by atoms with van der Waals surface area (Å²) in [6.45, 7) is -0.916. The number of Topliss-reactive ketones (excluding diaryl/α,β-unsaturated/α-hetero) is 1. The molecule has 220 valence electrons. The van der Waals surface area contributed by atoms with Gasteiger partial charge in [-0.2, -0.15) is 39.5 Å². The molecule has 41 heavy (non-hydrogen) atoms. The molecule has 0 saturated heterocycles. The van der Waals surface area contributed by atoms with Gasteiger partial charge in [0.25, 0.3) is 0 Å². The lowest BCUT2D eigenvalue weighted by atomic mass is 9.95. The quantitative estimate of drug-likeness (QED) is 0.157. The number of halogens is 13. The van der Waals surface area contributed by atoms with Gasteiger partial charge in [-0.15, -0.1) is 0 Å². The number of carbonyl (C=O) groups excluding carboxylic acids is 1. The van der Waals surface area contributed by atoms with Crippen molar-refractivity contribution in [3.05, 3.63) is 91.7 Å². The van der Waals surface area contributed by atoms with Crippen LogP contribution in [-0.2, 0) is 12.4 Å². The van der Waals surface area contributed by atoms with Crippen LogP contribution in [0.15, 0.2) is 48.8 Å². The standard InChI is InChI=1S/C24H12Cl3F10N3O/c25-16-4-11(5-17(26)20(16)27)14(23(32,33)34)6-18(28)10-1-2-13(15(3-10)24(35,36)37)19(41)9-40-21-38-7-12(8-39-21)22(29,30)31/h1-8,14H,9H2,(H,38,39,40)/b18-6-. The van der Waals surface area contributed by atoms with Gasteiger partial charge in [0, 0.05) is 23.5 Å². The van der Waals surface area contributed by atoms with E-state index in [0.29, 0.717) is 24.5 Å². The average molecular weight is 655 g/mol. The minimum atomic E-state index is -5.26. The first kappa shape index (κ1) is 32.4. The summed E-state index contributed by atoms with van der Waals surface area (Å²) in [6.07, 6.45) is -14.4. The first-order valence-electron chi connectivity index (χ1n) is 10.8. The van der Waals surface area contributed by atoms with Crippen LogP contribution in [0.2, 0.25) is 15.1 Å². The van der Waals surface area contributed by atoms with Crippen molar-refractivity contribution in [3.63, 3.8) is 0 Å². The van der Waals surface area contributed by atoms with Gasteiger partial charge in [0.15, 0.2) is 5.78 Å². The molecular weight excluding hydrogens is 643 g/mol. The molecule has 0 aliphatic rings. The fourth-order valence-corrected chi connectivity index (χ4v) is 3.98. The number of alkyl halides is 9. The van der Waals surface area contributed by atoms with Crippen LogP contribution < -0.4 is 5.32 Å². The van der Waals surface area contributed by atoms with Crippen molar-refractivity contribution in [2.75, 3.05) is 11.9 Å². The summed E-state index contributed by atoms with van der Waals surface area (Å²) < 4.78 is 135. The molecule has 1 heterocycles. The van der Waals surface area contributed by atoms with Gasteiger partial charge >= 0.3 is 18.5 Å². The van der Waals surface area contributed by atoms with E-state index in [0.717, 1.165) is 12.1 Å². The number of nitrogens with zero attached hydrogens (tertiary/aromatic N) is 2. The lowest BCUT2D eigenvalue weighted by molar-refractivity contribution is -0.140. The SMILES string of the molecule is O=C(CNc1ncc(C(F)(F)F)cn1)c1ccc(/C(F)=C/C(c2cc(Cl)c(Cl)c(Cl)c2)C(F)(F)F)cc1C(F)(F)F. The molecule has 0 radical (unpaired) electrons. The molecule has 1 aromatic heterocycles. The fraction of sp³-hybridized carbons (Fsp3) is 0.208. The van der Waals surface area contributed by atoms with Gasteiger partial charge in [-0.1, -0.05) is 46.9 Å². The van der Waals surface area contributed by atoms with E-state index in [-0.39, 0.29) is 27.2 Å². The normalized spacial score (nSPS) is 13.7. The highest BCUT2D eigenvalue weighted by Crippen LogP contribution is 2.43. The molecule has 0 spiro atoms. The molecule has 0 amide bonds. The summed E-state index contributed by atoms with van der Waals surface area (Å²) in [5.41, 5.74) is -5.48. The molecule has 0 saturated carbocycles. The van der Waals surface area contributed by atoms with Crippen LogP contribution in [-0.4, -0.2) is 28.5 Å². The van der Waals surface area contributed by atoms with Gasteiger partial charge in [0.1, 0.15) is 11.7 Å². The van der Waals surface area contributed by atoms with Crippen molar-refractivity contribution in [1.29, 1.82) is 0 Å². The van der Waals surface area contributed by atoms with E-state index in [4.69, 9.17) is 34.8 Å². The summed E-state index contributed by atoms with van der Waals surface area (Å²) in [4.78, 5) is 19.1. The van der Waals surface area contributed by atoms with Crippen molar-refractivity contribution >= 4 is 52.4 Å². The highest BCUT2D eigenvalue weighted by molar-refractivity contribution is 6.48. The average Bonchev–Trinajstić information content (AvgIpc) is 2.86. The topological polar surface area (TPSA) is 54.9 Å². The van der Waals surface area contributed by atoms with E-state index in [1.54, 1.807) is 0 Å². The Morgan fingerprint density at radius 2 is 1.44 bits per heavy atom. The second kappa shape index (κ2) is 12.0. The minimum Gasteiger partial charge on any atom is -0.347 e. The Kier molecular flexibility index (Phi) is 9.50. The lowest BCUT2D eigenvalue weighted by Gasteiger charge is -2.19. The molecule has 3 rings (SSSR count). The van der Waals surface area contributed by atoms with E-state index in [1.807, 2.05) is 0 Å². The van der Waals surface area contributed by atoms with Gasteiger partial charge in [-0.05, 0) is 29.8 Å². The Labute approximate surface area is 238 Å². The predicted molar refractivity (Wildman–Crippen MR) is 131 cm³/mol. The number of aromatic nitrogens is 2. The van der Waals surface area contributed by atoms with Crippen molar-refractivity contribution in [1.82, 2.24) is 9.97 Å². The molecular formula is C24H12Cl3F10N3O. The third-order valence-electron chi connectivity index (χ3n) is 5.32. The largest absolute Gasteiger partial charge is 0.419 e. The Morgan fingerprint density at radius 1 is 0.878 bits per heavy atom. The third kappa shape index (κ3) is 8.01. The third-order valence-corrected chi connectivity index (χ3v) is 6.52. The van der Waals surface area contributed by atoms with E-state index in [9.17, 15) is 48.7 Å². The van der Waals surface area contributed by atoms with Crippen LogP contribution in [0.1, 0.15) is 38.5 Å². The van der Waals surface area contributed by atoms with Gasteiger partial charge < -0.3 is 5.32 Å². The maximum absolute atomic E-state index is 15.0. The molecule has 17 heteroatoms. The number of benzene rings is 2. The smallest absolute Gasteiger partial charge is 0.347 e. The van der Waals surface area contributed by atoms with E-state index < -0.39 is 76.4 Å². The monoisotopic (exact) mass is 653 g/mol. The zero-order chi connectivity index (χ0) is 30.9. The van der Waals surface area contributed by atoms with Crippen LogP contribution >= 0.6 is 34.8 Å². The highest BCUT2D eigenvalue weighted by Gasteiger charge is 2.41. The molecule has 1 atom stereocenters. The Morgan fingerprint density at radius 3 is 1.93 bits per heavy atom. The van der Waals surface area contributed by atoms with Crippen molar-refractivity contribution in [2.45, 2.75) is 24.4 Å². The van der Waals surface area contributed by atoms with Crippen LogP contribution in [0.4, 0.5) is 49.9 Å². The highest BCUT2D eigenvalue weighted by atomic mass is 35.5. The molecule has 0 aliphatic carbocycles. The van der Waals surface area contributed by atoms with Crippen molar-refractivity contribution in [3.8, 4) is 0 Å². The van der Waals surface area contributed by atoms with Crippen molar-refractivity contribution in [2.24, 2.45) is 0 Å². The number of carbonyl (C=O) groups is 1. The Bertz CT molecular complexity index is 1450. The summed E-state index contributed by atoms with van der Waals surface area (Å²) in [5.74, 6) is -6.17. The maximum atomic E-state index is 15.0. The second-order valence-electron chi connectivity index (χ2n) is 8.16. The van der Waals surface area contributed by atoms with E-state index in [2.05, 4.69) is 15.3 Å². The summed E-state index contributed by atoms with van der Waals surface area (Å²) in [5, 5.41) is 1.14. The number of hydrogen-bond donors (Lipinski definition) is 1. The molecule has 2 aromatic carbocycles. The summed E-state index contributed by atoms with van der Waals surface area (Å²) >= 11 is 17.3. The zero-order valence-electron chi connectivity index (χ0n) is 19.6. The van der Waals surface area contributed by atoms with Gasteiger partial charge in [0.2, 0.25) is 5.95 Å². The summed E-state index contributed by atoms with van der Waals surface area (Å²) in [7, 11) is 0.